The molecule has 0 aromatic heterocycles. The summed E-state index contributed by atoms with van der Waals surface area (Å²) in [5.41, 5.74) is 6.00. The van der Waals surface area contributed by atoms with Crippen LogP contribution in [0.15, 0.2) is 30.3 Å². The van der Waals surface area contributed by atoms with E-state index in [-0.39, 0.29) is 30.7 Å². The molecule has 4 nitrogen and oxygen atoms in total. The first kappa shape index (κ1) is 23.5. The number of likely N-dealkylation sites (N-methyl/N-ethyl adjacent to an activating group) is 1. The van der Waals surface area contributed by atoms with Gasteiger partial charge in [0.25, 0.3) is 0 Å². The van der Waals surface area contributed by atoms with Crippen LogP contribution in [0.2, 0.25) is 0 Å². The lowest BCUT2D eigenvalue weighted by atomic mass is 9.92. The SMILES string of the molecule is CCC(C)N(C)CCNC(=O)C(C)(N)c1ccccc1.Cl.Cl. The molecule has 1 aromatic carbocycles. The second-order valence-electron chi connectivity index (χ2n) is 5.56. The molecule has 0 saturated heterocycles. The standard InChI is InChI=1S/C16H27N3O.2ClH/c1-5-13(2)19(4)12-11-18-15(20)16(3,17)14-9-7-6-8-10-14;;/h6-10,13H,5,11-12,17H2,1-4H3,(H,18,20);2*1H. The van der Waals surface area contributed by atoms with E-state index in [1.165, 1.54) is 0 Å². The topological polar surface area (TPSA) is 58.4 Å². The summed E-state index contributed by atoms with van der Waals surface area (Å²) in [6, 6.07) is 9.98. The molecule has 2 atom stereocenters. The Hall–Kier alpha value is -0.810. The highest BCUT2D eigenvalue weighted by Gasteiger charge is 2.29. The molecule has 0 aliphatic rings. The molecule has 6 heteroatoms. The van der Waals surface area contributed by atoms with Gasteiger partial charge in [-0.1, -0.05) is 37.3 Å². The quantitative estimate of drug-likeness (QED) is 0.795. The maximum Gasteiger partial charge on any atom is 0.244 e. The molecule has 0 radical (unpaired) electrons. The summed E-state index contributed by atoms with van der Waals surface area (Å²) in [5, 5.41) is 2.93. The van der Waals surface area contributed by atoms with Crippen molar-refractivity contribution in [2.24, 2.45) is 5.73 Å². The Kier molecular flexibility index (Phi) is 11.6. The third kappa shape index (κ3) is 6.53. The molecule has 1 rings (SSSR count). The summed E-state index contributed by atoms with van der Waals surface area (Å²) >= 11 is 0. The van der Waals surface area contributed by atoms with Crippen LogP contribution in [0.1, 0.15) is 32.8 Å². The van der Waals surface area contributed by atoms with Crippen LogP contribution in [0.25, 0.3) is 0 Å². The Morgan fingerprint density at radius 3 is 2.36 bits per heavy atom. The first-order chi connectivity index (χ1) is 9.39. The van der Waals surface area contributed by atoms with Crippen molar-refractivity contribution in [1.82, 2.24) is 10.2 Å². The van der Waals surface area contributed by atoms with E-state index in [1.54, 1.807) is 6.92 Å². The monoisotopic (exact) mass is 349 g/mol. The molecule has 0 bridgehead atoms. The Bertz CT molecular complexity index is 427. The summed E-state index contributed by atoms with van der Waals surface area (Å²) in [4.78, 5) is 14.5. The minimum atomic E-state index is -0.990. The molecule has 1 amide bonds. The predicted octanol–water partition coefficient (Wildman–Crippen LogP) is 2.55. The van der Waals surface area contributed by atoms with E-state index in [1.807, 2.05) is 30.3 Å². The van der Waals surface area contributed by atoms with Crippen LogP contribution in [0.5, 0.6) is 0 Å². The van der Waals surface area contributed by atoms with E-state index in [0.717, 1.165) is 18.5 Å². The van der Waals surface area contributed by atoms with Crippen molar-refractivity contribution < 1.29 is 4.79 Å². The van der Waals surface area contributed by atoms with Gasteiger partial charge in [-0.15, -0.1) is 24.8 Å². The number of carbonyl (C=O) groups excluding carboxylic acids is 1. The number of hydrogen-bond acceptors (Lipinski definition) is 3. The van der Waals surface area contributed by atoms with Gasteiger partial charge >= 0.3 is 0 Å². The van der Waals surface area contributed by atoms with Crippen LogP contribution in [-0.4, -0.2) is 37.0 Å². The molecule has 0 heterocycles. The lowest BCUT2D eigenvalue weighted by Gasteiger charge is -2.26. The summed E-state index contributed by atoms with van der Waals surface area (Å²) in [6.45, 7) is 7.52. The largest absolute Gasteiger partial charge is 0.353 e. The molecule has 0 spiro atoms. The van der Waals surface area contributed by atoms with Gasteiger partial charge in [-0.05, 0) is 32.9 Å². The van der Waals surface area contributed by atoms with Crippen molar-refractivity contribution in [3.63, 3.8) is 0 Å². The number of nitrogens with two attached hydrogens (primary N) is 1. The molecule has 0 aliphatic heterocycles. The number of carbonyl (C=O) groups is 1. The molecule has 0 fully saturated rings. The molecule has 3 N–H and O–H groups in total. The van der Waals surface area contributed by atoms with Crippen molar-refractivity contribution in [2.75, 3.05) is 20.1 Å². The number of benzene rings is 1. The lowest BCUT2D eigenvalue weighted by Crippen LogP contribution is -2.50. The van der Waals surface area contributed by atoms with Crippen LogP contribution >= 0.6 is 24.8 Å². The van der Waals surface area contributed by atoms with Crippen LogP contribution in [0.3, 0.4) is 0 Å². The Balaban J connectivity index is 0. The van der Waals surface area contributed by atoms with Crippen molar-refractivity contribution in [3.8, 4) is 0 Å². The van der Waals surface area contributed by atoms with Crippen LogP contribution in [0.4, 0.5) is 0 Å². The van der Waals surface area contributed by atoms with E-state index >= 15 is 0 Å². The second kappa shape index (κ2) is 10.8. The van der Waals surface area contributed by atoms with Crippen molar-refractivity contribution >= 4 is 30.7 Å². The first-order valence-electron chi connectivity index (χ1n) is 7.22. The predicted molar refractivity (Wildman–Crippen MR) is 97.9 cm³/mol. The van der Waals surface area contributed by atoms with Gasteiger partial charge in [0.1, 0.15) is 5.54 Å². The summed E-state index contributed by atoms with van der Waals surface area (Å²) < 4.78 is 0. The highest BCUT2D eigenvalue weighted by Crippen LogP contribution is 2.17. The highest BCUT2D eigenvalue weighted by molar-refractivity contribution is 5.87. The van der Waals surface area contributed by atoms with Gasteiger partial charge in [0.15, 0.2) is 0 Å². The fourth-order valence-corrected chi connectivity index (χ4v) is 1.98. The van der Waals surface area contributed by atoms with Crippen molar-refractivity contribution in [1.29, 1.82) is 0 Å². The summed E-state index contributed by atoms with van der Waals surface area (Å²) in [7, 11) is 2.07. The molecule has 128 valence electrons. The summed E-state index contributed by atoms with van der Waals surface area (Å²) in [6.07, 6.45) is 1.10. The van der Waals surface area contributed by atoms with Crippen LogP contribution in [0, 0.1) is 0 Å². The van der Waals surface area contributed by atoms with Crippen LogP contribution in [-0.2, 0) is 10.3 Å². The molecular formula is C16H29Cl2N3O. The van der Waals surface area contributed by atoms with Crippen molar-refractivity contribution in [3.05, 3.63) is 35.9 Å². The van der Waals surface area contributed by atoms with Gasteiger partial charge in [0.05, 0.1) is 0 Å². The second-order valence-corrected chi connectivity index (χ2v) is 5.56. The zero-order chi connectivity index (χ0) is 15.2. The Labute approximate surface area is 146 Å². The fraction of sp³-hybridized carbons (Fsp3) is 0.562. The van der Waals surface area contributed by atoms with E-state index in [9.17, 15) is 4.79 Å². The van der Waals surface area contributed by atoms with E-state index in [4.69, 9.17) is 5.73 Å². The maximum absolute atomic E-state index is 12.2. The van der Waals surface area contributed by atoms with Gasteiger partial charge in [0.2, 0.25) is 5.91 Å². The molecule has 22 heavy (non-hydrogen) atoms. The zero-order valence-corrected chi connectivity index (χ0v) is 15.5. The lowest BCUT2D eigenvalue weighted by molar-refractivity contribution is -0.126. The number of hydrogen-bond donors (Lipinski definition) is 2. The minimum Gasteiger partial charge on any atom is -0.353 e. The maximum atomic E-state index is 12.2. The molecule has 0 saturated carbocycles. The van der Waals surface area contributed by atoms with Gasteiger partial charge in [0, 0.05) is 19.1 Å². The third-order valence-electron chi connectivity index (χ3n) is 3.94. The Morgan fingerprint density at radius 2 is 1.86 bits per heavy atom. The Morgan fingerprint density at radius 1 is 1.32 bits per heavy atom. The van der Waals surface area contributed by atoms with Gasteiger partial charge < -0.3 is 16.0 Å². The third-order valence-corrected chi connectivity index (χ3v) is 3.94. The number of amides is 1. The average Bonchev–Trinajstić information content (AvgIpc) is 2.46. The van der Waals surface area contributed by atoms with Gasteiger partial charge in [-0.25, -0.2) is 0 Å². The number of nitrogens with zero attached hydrogens (tertiary/aromatic N) is 1. The normalized spacial score (nSPS) is 14.3. The zero-order valence-electron chi connectivity index (χ0n) is 13.8. The highest BCUT2D eigenvalue weighted by atomic mass is 35.5. The summed E-state index contributed by atoms with van der Waals surface area (Å²) in [5.74, 6) is -0.138. The number of halogens is 2. The smallest absolute Gasteiger partial charge is 0.244 e. The minimum absolute atomic E-state index is 0. The first-order valence-corrected chi connectivity index (χ1v) is 7.22. The average molecular weight is 350 g/mol. The molecule has 1 aromatic rings. The van der Waals surface area contributed by atoms with Gasteiger partial charge in [-0.2, -0.15) is 0 Å². The molecule has 2 unspecified atom stereocenters. The van der Waals surface area contributed by atoms with Crippen LogP contribution < -0.4 is 11.1 Å². The molecular weight excluding hydrogens is 321 g/mol. The van der Waals surface area contributed by atoms with Crippen molar-refractivity contribution in [2.45, 2.75) is 38.8 Å². The van der Waals surface area contributed by atoms with E-state index in [2.05, 4.69) is 31.1 Å². The number of rotatable bonds is 7. The number of nitrogens with one attached hydrogen (secondary N) is 1. The van der Waals surface area contributed by atoms with Gasteiger partial charge in [-0.3, -0.25) is 4.79 Å². The van der Waals surface area contributed by atoms with E-state index < -0.39 is 5.54 Å². The van der Waals surface area contributed by atoms with E-state index in [0.29, 0.717) is 12.6 Å². The molecule has 0 aliphatic carbocycles. The fourth-order valence-electron chi connectivity index (χ4n) is 1.98.